The highest BCUT2D eigenvalue weighted by Gasteiger charge is 2.40. The van der Waals surface area contributed by atoms with Crippen molar-refractivity contribution in [1.29, 1.82) is 0 Å². The summed E-state index contributed by atoms with van der Waals surface area (Å²) in [4.78, 5) is 30.5. The molecule has 1 aromatic rings. The monoisotopic (exact) mass is 483 g/mol. The number of aliphatic hydroxyl groups is 1. The van der Waals surface area contributed by atoms with Crippen molar-refractivity contribution < 1.29 is 44.3 Å². The fourth-order valence-corrected chi connectivity index (χ4v) is 3.90. The smallest absolute Gasteiger partial charge is 0.336 e. The molecule has 0 bridgehead atoms. The molecular weight excluding hydrogens is 446 g/mol. The molecule has 1 aliphatic carbocycles. The van der Waals surface area contributed by atoms with Gasteiger partial charge in [-0.3, -0.25) is 9.59 Å². The molecule has 5 N–H and O–H groups in total. The summed E-state index contributed by atoms with van der Waals surface area (Å²) in [5.41, 5.74) is -2.74. The van der Waals surface area contributed by atoms with E-state index in [4.69, 9.17) is 29.9 Å². The molecule has 0 amide bonds. The van der Waals surface area contributed by atoms with E-state index in [9.17, 15) is 14.4 Å². The number of carboxylic acid groups (broad SMARTS) is 3. The van der Waals surface area contributed by atoms with Crippen molar-refractivity contribution in [2.45, 2.75) is 69.5 Å². The van der Waals surface area contributed by atoms with Crippen LogP contribution in [0.4, 0.5) is 0 Å². The lowest BCUT2D eigenvalue weighted by Crippen LogP contribution is -2.42. The van der Waals surface area contributed by atoms with Gasteiger partial charge in [0, 0.05) is 0 Å². The van der Waals surface area contributed by atoms with Gasteiger partial charge in [0.15, 0.2) is 5.60 Å². The van der Waals surface area contributed by atoms with Crippen LogP contribution >= 0.6 is 0 Å². The van der Waals surface area contributed by atoms with Crippen LogP contribution in [0.5, 0.6) is 11.5 Å². The topological polar surface area (TPSA) is 163 Å². The fourth-order valence-electron chi connectivity index (χ4n) is 3.90. The van der Waals surface area contributed by atoms with E-state index in [1.54, 1.807) is 7.11 Å². The molecule has 0 heterocycles. The number of rotatable bonds is 12. The number of carbonyl (C=O) groups is 3. The summed E-state index contributed by atoms with van der Waals surface area (Å²) in [5, 5.41) is 37.1. The van der Waals surface area contributed by atoms with Gasteiger partial charge in [0.2, 0.25) is 0 Å². The van der Waals surface area contributed by atoms with Gasteiger partial charge in [-0.2, -0.15) is 0 Å². The molecule has 1 atom stereocenters. The van der Waals surface area contributed by atoms with E-state index in [-0.39, 0.29) is 0 Å². The zero-order valence-corrected chi connectivity index (χ0v) is 19.9. The molecule has 0 aromatic heterocycles. The maximum atomic E-state index is 10.3. The molecule has 1 saturated carbocycles. The van der Waals surface area contributed by atoms with Gasteiger partial charge in [0.1, 0.15) is 17.6 Å². The normalized spacial score (nSPS) is 15.3. The fraction of sp³-hybridized carbons (Fsp3) is 0.625. The Labute approximate surface area is 199 Å². The maximum absolute atomic E-state index is 10.3. The zero-order chi connectivity index (χ0) is 25.6. The average molecular weight is 484 g/mol. The van der Waals surface area contributed by atoms with Gasteiger partial charge in [-0.1, -0.05) is 25.7 Å². The van der Waals surface area contributed by atoms with E-state index in [0.717, 1.165) is 24.5 Å². The van der Waals surface area contributed by atoms with Crippen molar-refractivity contribution in [3.63, 3.8) is 0 Å². The third kappa shape index (κ3) is 10.8. The molecule has 1 aliphatic rings. The second kappa shape index (κ2) is 15.1. The van der Waals surface area contributed by atoms with Gasteiger partial charge >= 0.3 is 17.9 Å². The molecule has 34 heavy (non-hydrogen) atoms. The van der Waals surface area contributed by atoms with Crippen molar-refractivity contribution in [3.05, 3.63) is 24.3 Å². The van der Waals surface area contributed by atoms with Crippen molar-refractivity contribution in [3.8, 4) is 11.5 Å². The van der Waals surface area contributed by atoms with E-state index in [1.807, 2.05) is 31.3 Å². The minimum absolute atomic E-state index is 0.323. The van der Waals surface area contributed by atoms with E-state index in [1.165, 1.54) is 38.5 Å². The van der Waals surface area contributed by atoms with Gasteiger partial charge in [-0.15, -0.1) is 0 Å². The highest BCUT2D eigenvalue weighted by Crippen LogP contribution is 2.30. The molecular formula is C24H37NO9. The molecule has 0 aliphatic heterocycles. The predicted octanol–water partition coefficient (Wildman–Crippen LogP) is 2.77. The molecule has 10 nitrogen and oxygen atoms in total. The van der Waals surface area contributed by atoms with Crippen LogP contribution in [0.15, 0.2) is 24.3 Å². The summed E-state index contributed by atoms with van der Waals surface area (Å²) in [6.07, 6.45) is 7.21. The van der Waals surface area contributed by atoms with E-state index in [2.05, 4.69) is 5.32 Å². The first-order valence-corrected chi connectivity index (χ1v) is 11.5. The lowest BCUT2D eigenvalue weighted by Gasteiger charge is -2.27. The largest absolute Gasteiger partial charge is 0.497 e. The van der Waals surface area contributed by atoms with Crippen molar-refractivity contribution in [2.75, 3.05) is 20.7 Å². The van der Waals surface area contributed by atoms with Gasteiger partial charge < -0.3 is 35.2 Å². The first-order chi connectivity index (χ1) is 16.1. The second-order valence-electron chi connectivity index (χ2n) is 8.45. The Hall–Kier alpha value is -2.85. The Balaban J connectivity index is 0.000000385. The molecule has 1 aromatic carbocycles. The molecule has 0 saturated heterocycles. The SMILES string of the molecule is CNCCC(Oc1ccc(OC)cc1)C1CCCCCC1.O=C(O)CC(O)(CC(=O)O)C(=O)O. The molecule has 1 fully saturated rings. The van der Waals surface area contributed by atoms with Crippen LogP contribution in [-0.4, -0.2) is 70.7 Å². The Morgan fingerprint density at radius 1 is 0.971 bits per heavy atom. The van der Waals surface area contributed by atoms with Gasteiger partial charge in [0.25, 0.3) is 0 Å². The predicted molar refractivity (Wildman–Crippen MR) is 124 cm³/mol. The summed E-state index contributed by atoms with van der Waals surface area (Å²) in [6, 6.07) is 7.97. The Morgan fingerprint density at radius 2 is 1.47 bits per heavy atom. The lowest BCUT2D eigenvalue weighted by atomic mass is 9.92. The quantitative estimate of drug-likeness (QED) is 0.279. The van der Waals surface area contributed by atoms with Crippen molar-refractivity contribution >= 4 is 17.9 Å². The van der Waals surface area contributed by atoms with Crippen molar-refractivity contribution in [2.24, 2.45) is 5.92 Å². The molecule has 1 unspecified atom stereocenters. The van der Waals surface area contributed by atoms with Crippen LogP contribution in [0.1, 0.15) is 57.8 Å². The number of methoxy groups -OCH3 is 1. The van der Waals surface area contributed by atoms with Crippen LogP contribution in [0.2, 0.25) is 0 Å². The molecule has 0 spiro atoms. The first kappa shape index (κ1) is 29.2. The summed E-state index contributed by atoms with van der Waals surface area (Å²) in [7, 11) is 3.70. The van der Waals surface area contributed by atoms with Crippen LogP contribution in [-0.2, 0) is 14.4 Å². The average Bonchev–Trinajstić information content (AvgIpc) is 3.06. The number of benzene rings is 1. The zero-order valence-electron chi connectivity index (χ0n) is 19.9. The number of hydrogen-bond donors (Lipinski definition) is 5. The Bertz CT molecular complexity index is 742. The Kier molecular flexibility index (Phi) is 13.0. The van der Waals surface area contributed by atoms with E-state index >= 15 is 0 Å². The first-order valence-electron chi connectivity index (χ1n) is 11.5. The summed E-state index contributed by atoms with van der Waals surface area (Å²) in [6.45, 7) is 1.01. The molecule has 192 valence electrons. The number of aliphatic carboxylic acids is 3. The third-order valence-corrected chi connectivity index (χ3v) is 5.74. The van der Waals surface area contributed by atoms with Crippen LogP contribution < -0.4 is 14.8 Å². The lowest BCUT2D eigenvalue weighted by molar-refractivity contribution is -0.170. The standard InChI is InChI=1S/C18H29NO2.C6H8O7/c1-19-14-13-18(15-7-5-3-4-6-8-15)21-17-11-9-16(20-2)10-12-17;7-3(8)1-6(13,5(11)12)2-4(9)10/h9-12,15,18-19H,3-8,13-14H2,1-2H3;13H,1-2H2,(H,7,8)(H,9,10)(H,11,12). The number of carboxylic acids is 3. The highest BCUT2D eigenvalue weighted by molar-refractivity contribution is 5.88. The van der Waals surface area contributed by atoms with E-state index < -0.39 is 36.4 Å². The van der Waals surface area contributed by atoms with Gasteiger partial charge in [0.05, 0.1) is 20.0 Å². The summed E-state index contributed by atoms with van der Waals surface area (Å²) < 4.78 is 11.5. The second-order valence-corrected chi connectivity index (χ2v) is 8.45. The molecule has 0 radical (unpaired) electrons. The Morgan fingerprint density at radius 3 is 1.88 bits per heavy atom. The minimum Gasteiger partial charge on any atom is -0.497 e. The summed E-state index contributed by atoms with van der Waals surface area (Å²) in [5.74, 6) is -2.48. The van der Waals surface area contributed by atoms with Crippen molar-refractivity contribution in [1.82, 2.24) is 5.32 Å². The molecule has 10 heteroatoms. The van der Waals surface area contributed by atoms with Crippen LogP contribution in [0, 0.1) is 5.92 Å². The third-order valence-electron chi connectivity index (χ3n) is 5.74. The van der Waals surface area contributed by atoms with Gasteiger partial charge in [-0.05, 0) is 63.0 Å². The van der Waals surface area contributed by atoms with Crippen LogP contribution in [0.3, 0.4) is 0 Å². The van der Waals surface area contributed by atoms with E-state index in [0.29, 0.717) is 12.0 Å². The van der Waals surface area contributed by atoms with Gasteiger partial charge in [-0.25, -0.2) is 4.79 Å². The number of hydrogen-bond acceptors (Lipinski definition) is 7. The van der Waals surface area contributed by atoms with Crippen LogP contribution in [0.25, 0.3) is 0 Å². The number of ether oxygens (including phenoxy) is 2. The highest BCUT2D eigenvalue weighted by atomic mass is 16.5. The minimum atomic E-state index is -2.74. The molecule has 2 rings (SSSR count). The number of nitrogens with one attached hydrogen (secondary N) is 1. The maximum Gasteiger partial charge on any atom is 0.336 e. The summed E-state index contributed by atoms with van der Waals surface area (Å²) >= 11 is 0.